The highest BCUT2D eigenvalue weighted by atomic mass is 16.5. The van der Waals surface area contributed by atoms with Gasteiger partial charge in [0.1, 0.15) is 11.8 Å². The number of hydrogen-bond donors (Lipinski definition) is 4. The second kappa shape index (κ2) is 11.1. The second-order valence-electron chi connectivity index (χ2n) is 7.36. The number of benzene rings is 2. The van der Waals surface area contributed by atoms with Crippen molar-refractivity contribution < 1.29 is 24.3 Å². The van der Waals surface area contributed by atoms with Crippen molar-refractivity contribution in [3.05, 3.63) is 65.5 Å². The van der Waals surface area contributed by atoms with Crippen LogP contribution < -0.4 is 10.6 Å². The molecular formula is C23H26N4O5. The molecule has 0 spiro atoms. The van der Waals surface area contributed by atoms with E-state index in [0.717, 1.165) is 24.9 Å². The number of carboxylic acid groups (broad SMARTS) is 1. The summed E-state index contributed by atoms with van der Waals surface area (Å²) in [5.74, 6) is -1.33. The maximum atomic E-state index is 12.6. The molecule has 2 aromatic carbocycles. The second-order valence-corrected chi connectivity index (χ2v) is 7.36. The molecule has 0 saturated carbocycles. The lowest BCUT2D eigenvalue weighted by Gasteiger charge is -2.15. The van der Waals surface area contributed by atoms with Gasteiger partial charge in [0.05, 0.1) is 5.56 Å². The van der Waals surface area contributed by atoms with Crippen LogP contribution in [-0.2, 0) is 17.6 Å². The van der Waals surface area contributed by atoms with E-state index in [9.17, 15) is 19.8 Å². The number of aromatic nitrogens is 2. The first-order valence-corrected chi connectivity index (χ1v) is 10.4. The first kappa shape index (κ1) is 23.0. The minimum Gasteiger partial charge on any atom is -0.507 e. The smallest absolute Gasteiger partial charge is 0.326 e. The summed E-state index contributed by atoms with van der Waals surface area (Å²) in [6.45, 7) is 0.909. The number of phenols is 1. The molecule has 0 aliphatic carbocycles. The number of aromatic hydroxyl groups is 1. The fourth-order valence-corrected chi connectivity index (χ4v) is 3.20. The van der Waals surface area contributed by atoms with Crippen molar-refractivity contribution in [1.29, 1.82) is 0 Å². The molecule has 0 bridgehead atoms. The van der Waals surface area contributed by atoms with Crippen LogP contribution in [0.25, 0.3) is 11.4 Å². The number of aryl methyl sites for hydroxylation is 1. The summed E-state index contributed by atoms with van der Waals surface area (Å²) >= 11 is 0. The lowest BCUT2D eigenvalue weighted by molar-refractivity contribution is -0.139. The molecule has 0 fully saturated rings. The van der Waals surface area contributed by atoms with Gasteiger partial charge in [0.25, 0.3) is 5.91 Å². The van der Waals surface area contributed by atoms with Crippen LogP contribution in [-0.4, -0.2) is 51.9 Å². The third kappa shape index (κ3) is 6.14. The van der Waals surface area contributed by atoms with E-state index in [2.05, 4.69) is 20.8 Å². The van der Waals surface area contributed by atoms with Gasteiger partial charge >= 0.3 is 5.97 Å². The van der Waals surface area contributed by atoms with Gasteiger partial charge in [0.15, 0.2) is 0 Å². The Kier molecular flexibility index (Phi) is 7.93. The van der Waals surface area contributed by atoms with E-state index in [1.165, 1.54) is 12.1 Å². The topological polar surface area (TPSA) is 138 Å². The number of phenolic OH excluding ortho intramolecular Hbond substituents is 1. The van der Waals surface area contributed by atoms with Crippen molar-refractivity contribution in [3.63, 3.8) is 0 Å². The monoisotopic (exact) mass is 438 g/mol. The van der Waals surface area contributed by atoms with E-state index in [1.54, 1.807) is 30.3 Å². The van der Waals surface area contributed by atoms with Crippen LogP contribution in [0.5, 0.6) is 5.75 Å². The molecule has 1 atom stereocenters. The van der Waals surface area contributed by atoms with Gasteiger partial charge in [-0.05, 0) is 50.2 Å². The number of carbonyl (C=O) groups excluding carboxylic acids is 1. The summed E-state index contributed by atoms with van der Waals surface area (Å²) in [5.41, 5.74) is 1.23. The third-order valence-electron chi connectivity index (χ3n) is 4.92. The lowest BCUT2D eigenvalue weighted by Crippen LogP contribution is -2.42. The summed E-state index contributed by atoms with van der Waals surface area (Å²) < 4.78 is 5.24. The molecule has 3 aromatic rings. The van der Waals surface area contributed by atoms with Gasteiger partial charge in [-0.3, -0.25) is 4.79 Å². The van der Waals surface area contributed by atoms with Crippen LogP contribution in [0.3, 0.4) is 0 Å². The molecule has 3 rings (SSSR count). The van der Waals surface area contributed by atoms with E-state index >= 15 is 0 Å². The number of carbonyl (C=O) groups is 2. The zero-order chi connectivity index (χ0) is 22.9. The molecule has 4 N–H and O–H groups in total. The standard InChI is InChI=1S/C23H26N4O5/c1-24-12-6-5-9-20-26-21(27-32-20)16-10-11-17(19(28)14-16)22(29)25-18(23(30)31)13-15-7-3-2-4-8-15/h2-4,7-8,10-11,14,18,24,28H,5-6,9,12-13H2,1H3,(H,25,29)(H,30,31)/t18-/m0/s1. The highest BCUT2D eigenvalue weighted by molar-refractivity contribution is 5.99. The number of unbranched alkanes of at least 4 members (excludes halogenated alkanes) is 1. The lowest BCUT2D eigenvalue weighted by atomic mass is 10.0. The number of aliphatic carboxylic acids is 1. The Labute approximate surface area is 185 Å². The Balaban J connectivity index is 1.67. The summed E-state index contributed by atoms with van der Waals surface area (Å²) in [6, 6.07) is 12.2. The van der Waals surface area contributed by atoms with Crippen LogP contribution in [0.4, 0.5) is 0 Å². The molecule has 32 heavy (non-hydrogen) atoms. The number of carboxylic acids is 1. The number of hydrogen-bond acceptors (Lipinski definition) is 7. The van der Waals surface area contributed by atoms with Gasteiger partial charge < -0.3 is 25.4 Å². The Bertz CT molecular complexity index is 1050. The average Bonchev–Trinajstić information content (AvgIpc) is 3.26. The number of rotatable bonds is 11. The van der Waals surface area contributed by atoms with Crippen molar-refractivity contribution >= 4 is 11.9 Å². The molecule has 168 valence electrons. The minimum atomic E-state index is -1.16. The Morgan fingerprint density at radius 3 is 2.59 bits per heavy atom. The van der Waals surface area contributed by atoms with Gasteiger partial charge in [-0.2, -0.15) is 4.98 Å². The van der Waals surface area contributed by atoms with Crippen molar-refractivity contribution in [2.45, 2.75) is 31.7 Å². The zero-order valence-electron chi connectivity index (χ0n) is 17.7. The average molecular weight is 438 g/mol. The van der Waals surface area contributed by atoms with Crippen molar-refractivity contribution in [2.75, 3.05) is 13.6 Å². The van der Waals surface area contributed by atoms with Gasteiger partial charge in [0.2, 0.25) is 11.7 Å². The highest BCUT2D eigenvalue weighted by Gasteiger charge is 2.23. The molecule has 1 aromatic heterocycles. The first-order chi connectivity index (χ1) is 15.5. The first-order valence-electron chi connectivity index (χ1n) is 10.4. The molecule has 9 nitrogen and oxygen atoms in total. The van der Waals surface area contributed by atoms with E-state index in [0.29, 0.717) is 23.7 Å². The van der Waals surface area contributed by atoms with Gasteiger partial charge in [0, 0.05) is 18.4 Å². The van der Waals surface area contributed by atoms with Gasteiger partial charge in [-0.15, -0.1) is 0 Å². The molecular weight excluding hydrogens is 412 g/mol. The predicted octanol–water partition coefficient (Wildman–Crippen LogP) is 2.41. The molecule has 0 saturated heterocycles. The summed E-state index contributed by atoms with van der Waals surface area (Å²) in [5, 5.41) is 29.3. The fourth-order valence-electron chi connectivity index (χ4n) is 3.20. The summed E-state index contributed by atoms with van der Waals surface area (Å²) in [4.78, 5) is 28.5. The SMILES string of the molecule is CNCCCCc1nc(-c2ccc(C(=O)N[C@@H](Cc3ccccc3)C(=O)O)c(O)c2)no1. The number of nitrogens with zero attached hydrogens (tertiary/aromatic N) is 2. The predicted molar refractivity (Wildman–Crippen MR) is 117 cm³/mol. The minimum absolute atomic E-state index is 0.0381. The molecule has 0 radical (unpaired) electrons. The van der Waals surface area contributed by atoms with Crippen molar-refractivity contribution in [3.8, 4) is 17.1 Å². The molecule has 9 heteroatoms. The molecule has 0 unspecified atom stereocenters. The van der Waals surface area contributed by atoms with E-state index in [4.69, 9.17) is 4.52 Å². The van der Waals surface area contributed by atoms with Crippen LogP contribution >= 0.6 is 0 Å². The molecule has 1 amide bonds. The Morgan fingerprint density at radius 1 is 1.12 bits per heavy atom. The third-order valence-corrected chi connectivity index (χ3v) is 4.92. The molecule has 1 heterocycles. The Morgan fingerprint density at radius 2 is 1.91 bits per heavy atom. The van der Waals surface area contributed by atoms with Crippen molar-refractivity contribution in [1.82, 2.24) is 20.8 Å². The van der Waals surface area contributed by atoms with Crippen molar-refractivity contribution in [2.24, 2.45) is 0 Å². The normalized spacial score (nSPS) is 11.8. The van der Waals surface area contributed by atoms with Crippen LogP contribution in [0, 0.1) is 0 Å². The number of nitrogens with one attached hydrogen (secondary N) is 2. The van der Waals surface area contributed by atoms with E-state index in [-0.39, 0.29) is 17.7 Å². The largest absolute Gasteiger partial charge is 0.507 e. The fraction of sp³-hybridized carbons (Fsp3) is 0.304. The quantitative estimate of drug-likeness (QED) is 0.335. The molecule has 0 aliphatic heterocycles. The number of amides is 1. The molecule has 0 aliphatic rings. The van der Waals surface area contributed by atoms with Crippen LogP contribution in [0.15, 0.2) is 53.1 Å². The van der Waals surface area contributed by atoms with E-state index < -0.39 is 17.9 Å². The summed E-state index contributed by atoms with van der Waals surface area (Å²) in [7, 11) is 1.90. The van der Waals surface area contributed by atoms with Gasteiger partial charge in [-0.1, -0.05) is 35.5 Å². The van der Waals surface area contributed by atoms with Gasteiger partial charge in [-0.25, -0.2) is 4.79 Å². The van der Waals surface area contributed by atoms with Crippen LogP contribution in [0.2, 0.25) is 0 Å². The highest BCUT2D eigenvalue weighted by Crippen LogP contribution is 2.25. The zero-order valence-corrected chi connectivity index (χ0v) is 17.7. The van der Waals surface area contributed by atoms with Crippen LogP contribution in [0.1, 0.15) is 34.7 Å². The maximum absolute atomic E-state index is 12.6. The maximum Gasteiger partial charge on any atom is 0.326 e. The summed E-state index contributed by atoms with van der Waals surface area (Å²) in [6.07, 6.45) is 2.67. The Hall–Kier alpha value is -3.72. The van der Waals surface area contributed by atoms with E-state index in [1.807, 2.05) is 13.1 Å².